The lowest BCUT2D eigenvalue weighted by Gasteiger charge is -2.26. The second-order valence-electron chi connectivity index (χ2n) is 7.82. The summed E-state index contributed by atoms with van der Waals surface area (Å²) in [5.41, 5.74) is 0.708. The van der Waals surface area contributed by atoms with Gasteiger partial charge in [-0.2, -0.15) is 0 Å². The zero-order chi connectivity index (χ0) is 22.8. The molecule has 1 fully saturated rings. The summed E-state index contributed by atoms with van der Waals surface area (Å²) in [6.07, 6.45) is 0.475. The summed E-state index contributed by atoms with van der Waals surface area (Å²) in [7, 11) is 0.786. The Kier molecular flexibility index (Phi) is 7.38. The minimum Gasteiger partial charge on any atom is -0.338 e. The molecule has 0 aliphatic carbocycles. The third-order valence-electron chi connectivity index (χ3n) is 5.53. The van der Waals surface area contributed by atoms with Crippen LogP contribution in [-0.4, -0.2) is 82.8 Å². The van der Waals surface area contributed by atoms with Gasteiger partial charge in [-0.05, 0) is 58.6 Å². The molecule has 170 valence electrons. The molecule has 3 rings (SSSR count). The first-order chi connectivity index (χ1) is 14.6. The molecule has 0 bridgehead atoms. The van der Waals surface area contributed by atoms with Crippen LogP contribution in [0.25, 0.3) is 5.69 Å². The fourth-order valence-corrected chi connectivity index (χ4v) is 6.15. The lowest BCUT2D eigenvalue weighted by atomic mass is 10.2. The highest BCUT2D eigenvalue weighted by atomic mass is 32.2. The molecule has 1 aliphatic rings. The van der Waals surface area contributed by atoms with E-state index in [1.165, 1.54) is 23.9 Å². The summed E-state index contributed by atoms with van der Waals surface area (Å²) < 4.78 is 38.9. The minimum absolute atomic E-state index is 0.0213. The lowest BCUT2D eigenvalue weighted by Crippen LogP contribution is -2.42. The number of amides is 1. The molecule has 1 saturated heterocycles. The van der Waals surface area contributed by atoms with Crippen LogP contribution in [0.1, 0.15) is 32.1 Å². The molecule has 2 atom stereocenters. The normalized spacial score (nSPS) is 19.0. The van der Waals surface area contributed by atoms with E-state index in [4.69, 9.17) is 0 Å². The van der Waals surface area contributed by atoms with Gasteiger partial charge in [0.05, 0.1) is 23.3 Å². The van der Waals surface area contributed by atoms with Crippen molar-refractivity contribution >= 4 is 27.5 Å². The maximum atomic E-state index is 13.5. The molecule has 1 aliphatic heterocycles. The minimum atomic E-state index is -3.07. The number of sulfone groups is 1. The number of aromatic nitrogens is 3. The van der Waals surface area contributed by atoms with E-state index in [0.717, 1.165) is 0 Å². The second-order valence-corrected chi connectivity index (χ2v) is 11.0. The van der Waals surface area contributed by atoms with Crippen LogP contribution in [0.3, 0.4) is 0 Å². The first-order valence-electron chi connectivity index (χ1n) is 10.1. The zero-order valence-corrected chi connectivity index (χ0v) is 19.8. The highest BCUT2D eigenvalue weighted by molar-refractivity contribution is 7.99. The van der Waals surface area contributed by atoms with Crippen LogP contribution in [-0.2, 0) is 14.6 Å². The van der Waals surface area contributed by atoms with Crippen molar-refractivity contribution in [2.24, 2.45) is 0 Å². The summed E-state index contributed by atoms with van der Waals surface area (Å²) in [5, 5.41) is 9.14. The number of halogens is 1. The van der Waals surface area contributed by atoms with Gasteiger partial charge in [0.2, 0.25) is 5.91 Å². The highest BCUT2D eigenvalue weighted by Gasteiger charge is 2.34. The molecule has 2 aromatic rings. The van der Waals surface area contributed by atoms with Crippen molar-refractivity contribution in [3.05, 3.63) is 35.9 Å². The molecule has 1 amide bonds. The Morgan fingerprint density at radius 3 is 2.52 bits per heavy atom. The van der Waals surface area contributed by atoms with E-state index in [9.17, 15) is 17.6 Å². The number of hydrogen-bond donors (Lipinski definition) is 0. The van der Waals surface area contributed by atoms with Gasteiger partial charge in [-0.15, -0.1) is 10.2 Å². The van der Waals surface area contributed by atoms with Crippen LogP contribution in [0.5, 0.6) is 0 Å². The van der Waals surface area contributed by atoms with Crippen molar-refractivity contribution in [2.45, 2.75) is 37.5 Å². The van der Waals surface area contributed by atoms with E-state index >= 15 is 0 Å². The summed E-state index contributed by atoms with van der Waals surface area (Å²) >= 11 is 1.24. The smallest absolute Gasteiger partial charge is 0.233 e. The Hall–Kier alpha value is -1.98. The third-order valence-corrected chi connectivity index (χ3v) is 8.19. The van der Waals surface area contributed by atoms with Gasteiger partial charge in [-0.3, -0.25) is 14.3 Å². The fraction of sp³-hybridized carbons (Fsp3) is 0.550. The van der Waals surface area contributed by atoms with E-state index in [0.29, 0.717) is 29.6 Å². The van der Waals surface area contributed by atoms with E-state index in [2.05, 4.69) is 10.2 Å². The van der Waals surface area contributed by atoms with Crippen LogP contribution in [0.2, 0.25) is 0 Å². The number of rotatable bonds is 8. The van der Waals surface area contributed by atoms with Gasteiger partial charge in [0, 0.05) is 18.3 Å². The summed E-state index contributed by atoms with van der Waals surface area (Å²) in [6.45, 7) is 4.29. The first kappa shape index (κ1) is 23.7. The standard InChI is InChI=1S/C20H28FN5O3S2/c1-5-25(17-10-11-31(28,29)13-17)18(27)12-30-20-23-22-19(14(2)24(3)4)26(20)16-8-6-15(21)7-9-16/h6-9,14,17H,5,10-13H2,1-4H3/t14-,17-/m1/s1. The third kappa shape index (κ3) is 5.45. The van der Waals surface area contributed by atoms with E-state index in [1.807, 2.05) is 37.4 Å². The van der Waals surface area contributed by atoms with Crippen molar-refractivity contribution in [3.8, 4) is 5.69 Å². The van der Waals surface area contributed by atoms with Gasteiger partial charge in [0.1, 0.15) is 5.82 Å². The zero-order valence-electron chi connectivity index (χ0n) is 18.2. The number of carbonyl (C=O) groups is 1. The highest BCUT2D eigenvalue weighted by Crippen LogP contribution is 2.28. The molecule has 11 heteroatoms. The molecule has 0 unspecified atom stereocenters. The van der Waals surface area contributed by atoms with Gasteiger partial charge in [-0.1, -0.05) is 11.8 Å². The quantitative estimate of drug-likeness (QED) is 0.548. The average molecular weight is 470 g/mol. The first-order valence-corrected chi connectivity index (χ1v) is 12.9. The van der Waals surface area contributed by atoms with E-state index in [1.54, 1.807) is 17.0 Å². The Labute approximate surface area is 186 Å². The fourth-order valence-electron chi connectivity index (χ4n) is 3.58. The Balaban J connectivity index is 1.82. The predicted octanol–water partition coefficient (Wildman–Crippen LogP) is 2.16. The molecule has 0 saturated carbocycles. The maximum Gasteiger partial charge on any atom is 0.233 e. The van der Waals surface area contributed by atoms with Gasteiger partial charge in [-0.25, -0.2) is 12.8 Å². The molecular formula is C20H28FN5O3S2. The lowest BCUT2D eigenvalue weighted by molar-refractivity contribution is -0.129. The molecule has 2 heterocycles. The Bertz CT molecular complexity index is 1020. The predicted molar refractivity (Wildman–Crippen MR) is 119 cm³/mol. The van der Waals surface area contributed by atoms with Crippen molar-refractivity contribution < 1.29 is 17.6 Å². The molecule has 0 N–H and O–H groups in total. The van der Waals surface area contributed by atoms with Gasteiger partial charge < -0.3 is 4.90 Å². The number of carbonyl (C=O) groups excluding carboxylic acids is 1. The van der Waals surface area contributed by atoms with Crippen LogP contribution >= 0.6 is 11.8 Å². The molecule has 0 radical (unpaired) electrons. The molecule has 8 nitrogen and oxygen atoms in total. The molecule has 31 heavy (non-hydrogen) atoms. The van der Waals surface area contributed by atoms with E-state index in [-0.39, 0.29) is 41.1 Å². The number of hydrogen-bond acceptors (Lipinski definition) is 7. The largest absolute Gasteiger partial charge is 0.338 e. The number of thioether (sulfide) groups is 1. The number of benzene rings is 1. The van der Waals surface area contributed by atoms with Gasteiger partial charge in [0.25, 0.3) is 0 Å². The van der Waals surface area contributed by atoms with Crippen LogP contribution in [0.4, 0.5) is 4.39 Å². The van der Waals surface area contributed by atoms with Crippen molar-refractivity contribution in [1.82, 2.24) is 24.6 Å². The molecule has 1 aromatic heterocycles. The van der Waals surface area contributed by atoms with Gasteiger partial charge in [0.15, 0.2) is 20.8 Å². The summed E-state index contributed by atoms with van der Waals surface area (Å²) in [4.78, 5) is 16.5. The van der Waals surface area contributed by atoms with Crippen molar-refractivity contribution in [2.75, 3.05) is 37.9 Å². The molecular weight excluding hydrogens is 441 g/mol. The SMILES string of the molecule is CCN(C(=O)CSc1nnc([C@@H](C)N(C)C)n1-c1ccc(F)cc1)[C@@H]1CCS(=O)(=O)C1. The van der Waals surface area contributed by atoms with Crippen LogP contribution in [0.15, 0.2) is 29.4 Å². The van der Waals surface area contributed by atoms with Crippen molar-refractivity contribution in [1.29, 1.82) is 0 Å². The number of nitrogens with zero attached hydrogens (tertiary/aromatic N) is 5. The Morgan fingerprint density at radius 1 is 1.29 bits per heavy atom. The summed E-state index contributed by atoms with van der Waals surface area (Å²) in [5.74, 6) is 0.465. The molecule has 1 aromatic carbocycles. The Morgan fingerprint density at radius 2 is 1.97 bits per heavy atom. The second kappa shape index (κ2) is 9.66. The van der Waals surface area contributed by atoms with Crippen LogP contribution in [0, 0.1) is 5.82 Å². The topological polar surface area (TPSA) is 88.4 Å². The van der Waals surface area contributed by atoms with E-state index < -0.39 is 9.84 Å². The summed E-state index contributed by atoms with van der Waals surface area (Å²) in [6, 6.07) is 5.72. The molecule has 0 spiro atoms. The average Bonchev–Trinajstić information content (AvgIpc) is 3.30. The van der Waals surface area contributed by atoms with Crippen molar-refractivity contribution in [3.63, 3.8) is 0 Å². The van der Waals surface area contributed by atoms with Crippen LogP contribution < -0.4 is 0 Å². The van der Waals surface area contributed by atoms with Gasteiger partial charge >= 0.3 is 0 Å². The maximum absolute atomic E-state index is 13.5. The monoisotopic (exact) mass is 469 g/mol.